The molecule has 0 radical (unpaired) electrons. The van der Waals surface area contributed by atoms with Crippen LogP contribution in [0.5, 0.6) is 5.75 Å². The SMILES string of the molecule is CC(C)(C)NC(=O)Oc1cnn(-c2cc(Cl)ccc2Cl)c1C(F)(F)F. The second-order valence-electron chi connectivity index (χ2n) is 6.13. The van der Waals surface area contributed by atoms with Crippen molar-refractivity contribution in [2.24, 2.45) is 0 Å². The fourth-order valence-electron chi connectivity index (χ4n) is 1.93. The van der Waals surface area contributed by atoms with E-state index in [0.717, 1.165) is 6.20 Å². The number of carbonyl (C=O) groups excluding carboxylic acids is 1. The van der Waals surface area contributed by atoms with E-state index in [-0.39, 0.29) is 15.7 Å². The van der Waals surface area contributed by atoms with Crippen molar-refractivity contribution in [3.8, 4) is 11.4 Å². The maximum atomic E-state index is 13.5. The van der Waals surface area contributed by atoms with Crippen LogP contribution >= 0.6 is 23.2 Å². The number of nitrogens with zero attached hydrogens (tertiary/aromatic N) is 2. The van der Waals surface area contributed by atoms with Gasteiger partial charge in [0.1, 0.15) is 0 Å². The summed E-state index contributed by atoms with van der Waals surface area (Å²) in [7, 11) is 0. The van der Waals surface area contributed by atoms with E-state index >= 15 is 0 Å². The van der Waals surface area contributed by atoms with Crippen molar-refractivity contribution in [1.29, 1.82) is 0 Å². The van der Waals surface area contributed by atoms with E-state index in [0.29, 0.717) is 4.68 Å². The molecule has 0 atom stereocenters. The van der Waals surface area contributed by atoms with Gasteiger partial charge in [0.15, 0.2) is 11.4 Å². The van der Waals surface area contributed by atoms with Crippen molar-refractivity contribution in [2.75, 3.05) is 0 Å². The van der Waals surface area contributed by atoms with Gasteiger partial charge in [-0.05, 0) is 39.0 Å². The summed E-state index contributed by atoms with van der Waals surface area (Å²) in [5.41, 5.74) is -2.05. The molecule has 1 N–H and O–H groups in total. The van der Waals surface area contributed by atoms with Crippen molar-refractivity contribution < 1.29 is 22.7 Å². The lowest BCUT2D eigenvalue weighted by Crippen LogP contribution is -2.42. The van der Waals surface area contributed by atoms with Crippen LogP contribution in [0.2, 0.25) is 10.0 Å². The Morgan fingerprint density at radius 2 is 1.88 bits per heavy atom. The summed E-state index contributed by atoms with van der Waals surface area (Å²) >= 11 is 11.8. The minimum Gasteiger partial charge on any atom is -0.406 e. The van der Waals surface area contributed by atoms with Gasteiger partial charge in [-0.15, -0.1) is 0 Å². The Morgan fingerprint density at radius 3 is 2.44 bits per heavy atom. The Hall–Kier alpha value is -1.93. The monoisotopic (exact) mass is 395 g/mol. The van der Waals surface area contributed by atoms with Crippen LogP contribution < -0.4 is 10.1 Å². The maximum Gasteiger partial charge on any atom is 0.437 e. The van der Waals surface area contributed by atoms with Gasteiger partial charge in [-0.1, -0.05) is 23.2 Å². The molecule has 0 aliphatic carbocycles. The summed E-state index contributed by atoms with van der Waals surface area (Å²) in [5, 5.41) is 6.24. The highest BCUT2D eigenvalue weighted by Gasteiger charge is 2.41. The average molecular weight is 396 g/mol. The normalized spacial score (nSPS) is 12.2. The van der Waals surface area contributed by atoms with Gasteiger partial charge < -0.3 is 10.1 Å². The van der Waals surface area contributed by atoms with Crippen LogP contribution in [0.15, 0.2) is 24.4 Å². The van der Waals surface area contributed by atoms with Crippen LogP contribution in [-0.4, -0.2) is 21.4 Å². The molecule has 1 aromatic carbocycles. The maximum absolute atomic E-state index is 13.5. The molecule has 1 heterocycles. The molecular formula is C15H14Cl2F3N3O2. The highest BCUT2D eigenvalue weighted by atomic mass is 35.5. The van der Waals surface area contributed by atoms with Gasteiger partial charge in [-0.3, -0.25) is 0 Å². The fraction of sp³-hybridized carbons (Fsp3) is 0.333. The second-order valence-corrected chi connectivity index (χ2v) is 6.97. The third-order valence-corrected chi connectivity index (χ3v) is 3.37. The van der Waals surface area contributed by atoms with E-state index in [1.54, 1.807) is 20.8 Å². The van der Waals surface area contributed by atoms with Crippen LogP contribution in [0.1, 0.15) is 26.5 Å². The van der Waals surface area contributed by atoms with Gasteiger partial charge in [-0.2, -0.15) is 18.3 Å². The molecule has 2 rings (SSSR count). The molecule has 0 unspecified atom stereocenters. The van der Waals surface area contributed by atoms with Crippen molar-refractivity contribution in [1.82, 2.24) is 15.1 Å². The first-order valence-corrected chi connectivity index (χ1v) is 7.75. The number of hydrogen-bond donors (Lipinski definition) is 1. The summed E-state index contributed by atoms with van der Waals surface area (Å²) in [6.45, 7) is 4.98. The number of rotatable bonds is 2. The van der Waals surface area contributed by atoms with Gasteiger partial charge >= 0.3 is 12.3 Å². The largest absolute Gasteiger partial charge is 0.437 e. The van der Waals surface area contributed by atoms with E-state index in [1.807, 2.05) is 0 Å². The fourth-order valence-corrected chi connectivity index (χ4v) is 2.29. The number of carbonyl (C=O) groups is 1. The number of aromatic nitrogens is 2. The molecule has 0 spiro atoms. The van der Waals surface area contributed by atoms with Gasteiger partial charge in [0.25, 0.3) is 0 Å². The predicted octanol–water partition coefficient (Wildman–Crippen LogP) is 5.08. The van der Waals surface area contributed by atoms with Gasteiger partial charge in [0.2, 0.25) is 0 Å². The number of alkyl halides is 3. The average Bonchev–Trinajstić information content (AvgIpc) is 2.82. The smallest absolute Gasteiger partial charge is 0.406 e. The lowest BCUT2D eigenvalue weighted by molar-refractivity contribution is -0.143. The Balaban J connectivity index is 2.49. The van der Waals surface area contributed by atoms with Crippen LogP contribution in [0.4, 0.5) is 18.0 Å². The first-order valence-electron chi connectivity index (χ1n) is 6.99. The molecule has 1 aromatic heterocycles. The zero-order valence-electron chi connectivity index (χ0n) is 13.4. The third kappa shape index (κ3) is 4.79. The predicted molar refractivity (Wildman–Crippen MR) is 87.5 cm³/mol. The molecule has 0 aliphatic rings. The standard InChI is InChI=1S/C15H14Cl2F3N3O2/c1-14(2,3)22-13(24)25-11-7-21-23(12(11)15(18,19)20)10-6-8(16)4-5-9(10)17/h4-7H,1-3H3,(H,22,24). The summed E-state index contributed by atoms with van der Waals surface area (Å²) in [5.74, 6) is -0.745. The number of halogens is 5. The van der Waals surface area contributed by atoms with Crippen LogP contribution in [0.25, 0.3) is 5.69 Å². The molecule has 0 saturated carbocycles. The van der Waals surface area contributed by atoms with Crippen LogP contribution in [-0.2, 0) is 6.18 Å². The first-order chi connectivity index (χ1) is 11.4. The van der Waals surface area contributed by atoms with Gasteiger partial charge in [-0.25, -0.2) is 9.48 Å². The quantitative estimate of drug-likeness (QED) is 0.770. The van der Waals surface area contributed by atoms with Crippen molar-refractivity contribution in [3.05, 3.63) is 40.1 Å². The van der Waals surface area contributed by atoms with Crippen LogP contribution in [0, 0.1) is 0 Å². The zero-order chi connectivity index (χ0) is 19.0. The van der Waals surface area contributed by atoms with Crippen molar-refractivity contribution in [2.45, 2.75) is 32.5 Å². The molecule has 0 fully saturated rings. The number of benzene rings is 1. The molecule has 5 nitrogen and oxygen atoms in total. The van der Waals surface area contributed by atoms with E-state index < -0.39 is 29.3 Å². The third-order valence-electron chi connectivity index (χ3n) is 2.82. The second kappa shape index (κ2) is 6.76. The summed E-state index contributed by atoms with van der Waals surface area (Å²) in [6.07, 6.45) is -5.09. The highest BCUT2D eigenvalue weighted by Crippen LogP contribution is 2.39. The topological polar surface area (TPSA) is 56.1 Å². The van der Waals surface area contributed by atoms with E-state index in [9.17, 15) is 18.0 Å². The summed E-state index contributed by atoms with van der Waals surface area (Å²) in [6, 6.07) is 4.00. The summed E-state index contributed by atoms with van der Waals surface area (Å²) in [4.78, 5) is 11.8. The van der Waals surface area contributed by atoms with Gasteiger partial charge in [0, 0.05) is 10.6 Å². The van der Waals surface area contributed by atoms with E-state index in [2.05, 4.69) is 10.4 Å². The molecule has 10 heteroatoms. The number of hydrogen-bond acceptors (Lipinski definition) is 3. The zero-order valence-corrected chi connectivity index (χ0v) is 14.9. The lowest BCUT2D eigenvalue weighted by atomic mass is 10.1. The van der Waals surface area contributed by atoms with Crippen molar-refractivity contribution in [3.63, 3.8) is 0 Å². The Labute approximate surface area is 151 Å². The molecule has 1 amide bonds. The molecular weight excluding hydrogens is 382 g/mol. The Kier molecular flexibility index (Phi) is 5.24. The molecule has 2 aromatic rings. The summed E-state index contributed by atoms with van der Waals surface area (Å²) < 4.78 is 45.8. The molecule has 0 bridgehead atoms. The molecule has 25 heavy (non-hydrogen) atoms. The first kappa shape index (κ1) is 19.4. The minimum absolute atomic E-state index is 0.00342. The molecule has 0 saturated heterocycles. The van der Waals surface area contributed by atoms with E-state index in [1.165, 1.54) is 18.2 Å². The Bertz CT molecular complexity index is 798. The minimum atomic E-state index is -4.85. The highest BCUT2D eigenvalue weighted by molar-refractivity contribution is 6.34. The number of ether oxygens (including phenoxy) is 1. The molecule has 0 aliphatic heterocycles. The van der Waals surface area contributed by atoms with E-state index in [4.69, 9.17) is 27.9 Å². The van der Waals surface area contributed by atoms with Gasteiger partial charge in [0.05, 0.1) is 16.9 Å². The Morgan fingerprint density at radius 1 is 1.24 bits per heavy atom. The number of amides is 1. The number of nitrogens with one attached hydrogen (secondary N) is 1. The van der Waals surface area contributed by atoms with Crippen LogP contribution in [0.3, 0.4) is 0 Å². The lowest BCUT2D eigenvalue weighted by Gasteiger charge is -2.20. The molecule has 136 valence electrons. The van der Waals surface area contributed by atoms with Crippen molar-refractivity contribution >= 4 is 29.3 Å².